The van der Waals surface area contributed by atoms with Crippen LogP contribution < -0.4 is 0 Å². The van der Waals surface area contributed by atoms with Gasteiger partial charge in [-0.15, -0.1) is 11.3 Å². The molecule has 0 bridgehead atoms. The maximum atomic E-state index is 4.12. The normalized spacial score (nSPS) is 33.8. The van der Waals surface area contributed by atoms with E-state index in [1.807, 2.05) is 11.7 Å². The van der Waals surface area contributed by atoms with Gasteiger partial charge in [-0.25, -0.2) is 0 Å². The maximum Gasteiger partial charge on any atom is 0.0794 e. The van der Waals surface area contributed by atoms with Gasteiger partial charge >= 0.3 is 0 Å². The lowest BCUT2D eigenvalue weighted by atomic mass is 9.85. The van der Waals surface area contributed by atoms with E-state index in [-0.39, 0.29) is 0 Å². The molecule has 0 amide bonds. The van der Waals surface area contributed by atoms with Crippen molar-refractivity contribution in [1.82, 2.24) is 4.98 Å². The first kappa shape index (κ1) is 9.66. The average molecular weight is 260 g/mol. The molecule has 0 spiro atoms. The summed E-state index contributed by atoms with van der Waals surface area (Å²) in [5.74, 6) is 0. The fourth-order valence-electron chi connectivity index (χ4n) is 2.15. The number of thiazole rings is 1. The van der Waals surface area contributed by atoms with Crippen molar-refractivity contribution in [1.29, 1.82) is 0 Å². The second-order valence-corrected chi connectivity index (χ2v) is 6.56. The van der Waals surface area contributed by atoms with Crippen molar-refractivity contribution < 1.29 is 0 Å². The van der Waals surface area contributed by atoms with Crippen LogP contribution in [-0.2, 0) is 6.42 Å². The molecule has 13 heavy (non-hydrogen) atoms. The first-order valence-corrected chi connectivity index (χ1v) is 6.49. The van der Waals surface area contributed by atoms with E-state index in [1.54, 1.807) is 11.3 Å². The third-order valence-electron chi connectivity index (χ3n) is 2.86. The molecule has 1 saturated carbocycles. The molecule has 0 saturated heterocycles. The fraction of sp³-hybridized carbons (Fsp3) is 0.700. The molecule has 0 radical (unpaired) electrons. The Morgan fingerprint density at radius 2 is 2.62 bits per heavy atom. The van der Waals surface area contributed by atoms with Crippen LogP contribution in [-0.4, -0.2) is 9.81 Å². The van der Waals surface area contributed by atoms with Crippen LogP contribution in [0.15, 0.2) is 11.7 Å². The lowest BCUT2D eigenvalue weighted by Crippen LogP contribution is -2.14. The summed E-state index contributed by atoms with van der Waals surface area (Å²) in [7, 11) is 0. The summed E-state index contributed by atoms with van der Waals surface area (Å²) in [4.78, 5) is 6.30. The second kappa shape index (κ2) is 3.70. The number of rotatable bonds is 2. The average Bonchev–Trinajstić information content (AvgIpc) is 2.62. The summed E-state index contributed by atoms with van der Waals surface area (Å²) in [6.45, 7) is 2.40. The zero-order valence-corrected chi connectivity index (χ0v) is 10.2. The van der Waals surface area contributed by atoms with Crippen molar-refractivity contribution in [3.63, 3.8) is 0 Å². The molecule has 2 atom stereocenters. The Hall–Kier alpha value is 0.110. The molecule has 72 valence electrons. The van der Waals surface area contributed by atoms with E-state index in [1.165, 1.54) is 30.6 Å². The maximum absolute atomic E-state index is 4.12. The van der Waals surface area contributed by atoms with Crippen molar-refractivity contribution in [2.45, 2.75) is 37.4 Å². The predicted molar refractivity (Wildman–Crippen MR) is 60.5 cm³/mol. The highest BCUT2D eigenvalue weighted by atomic mass is 79.9. The van der Waals surface area contributed by atoms with Crippen LogP contribution in [0.1, 0.15) is 31.1 Å². The predicted octanol–water partition coefficient (Wildman–Crippen LogP) is 3.64. The molecule has 1 nitrogen and oxygen atoms in total. The number of hydrogen-bond donors (Lipinski definition) is 0. The number of halogens is 1. The largest absolute Gasteiger partial charge is 0.253 e. The molecule has 0 aromatic carbocycles. The van der Waals surface area contributed by atoms with Crippen molar-refractivity contribution in [2.24, 2.45) is 5.41 Å². The zero-order chi connectivity index (χ0) is 9.31. The second-order valence-electron chi connectivity index (χ2n) is 4.30. The van der Waals surface area contributed by atoms with E-state index >= 15 is 0 Å². The first-order chi connectivity index (χ1) is 6.18. The van der Waals surface area contributed by atoms with E-state index in [2.05, 4.69) is 27.8 Å². The Labute approximate surface area is 91.7 Å². The molecule has 0 aliphatic heterocycles. The minimum atomic E-state index is 0.515. The highest BCUT2D eigenvalue weighted by Gasteiger charge is 2.34. The fourth-order valence-corrected chi connectivity index (χ4v) is 3.98. The van der Waals surface area contributed by atoms with Gasteiger partial charge in [0.1, 0.15) is 0 Å². The highest BCUT2D eigenvalue weighted by Crippen LogP contribution is 2.43. The molecule has 1 aliphatic rings. The van der Waals surface area contributed by atoms with Crippen LogP contribution in [0.5, 0.6) is 0 Å². The SMILES string of the molecule is CC1(Cc2cncs2)CCC(Br)C1. The number of hydrogen-bond acceptors (Lipinski definition) is 2. The molecule has 3 heteroatoms. The van der Waals surface area contributed by atoms with E-state index in [0.29, 0.717) is 5.41 Å². The van der Waals surface area contributed by atoms with Gasteiger partial charge in [0.25, 0.3) is 0 Å². The molecule has 1 fully saturated rings. The Bertz CT molecular complexity index is 272. The minimum Gasteiger partial charge on any atom is -0.253 e. The van der Waals surface area contributed by atoms with Crippen LogP contribution in [0.4, 0.5) is 0 Å². The van der Waals surface area contributed by atoms with Crippen LogP contribution in [0.3, 0.4) is 0 Å². The van der Waals surface area contributed by atoms with Gasteiger partial charge in [-0.2, -0.15) is 0 Å². The van der Waals surface area contributed by atoms with Crippen LogP contribution in [0.2, 0.25) is 0 Å². The first-order valence-electron chi connectivity index (χ1n) is 4.69. The third-order valence-corrected chi connectivity index (χ3v) is 4.42. The third kappa shape index (κ3) is 2.32. The lowest BCUT2D eigenvalue weighted by molar-refractivity contribution is 0.338. The quantitative estimate of drug-likeness (QED) is 0.740. The molecule has 1 heterocycles. The van der Waals surface area contributed by atoms with Gasteiger partial charge < -0.3 is 0 Å². The van der Waals surface area contributed by atoms with Crippen molar-refractivity contribution >= 4 is 27.3 Å². The van der Waals surface area contributed by atoms with Gasteiger partial charge in [-0.1, -0.05) is 22.9 Å². The zero-order valence-electron chi connectivity index (χ0n) is 7.79. The van der Waals surface area contributed by atoms with Crippen LogP contribution >= 0.6 is 27.3 Å². The molecular formula is C10H14BrNS. The van der Waals surface area contributed by atoms with E-state index < -0.39 is 0 Å². The minimum absolute atomic E-state index is 0.515. The summed E-state index contributed by atoms with van der Waals surface area (Å²) in [5, 5.41) is 0. The number of aromatic nitrogens is 1. The van der Waals surface area contributed by atoms with E-state index in [0.717, 1.165) is 4.83 Å². The molecule has 1 aromatic heterocycles. The molecule has 0 N–H and O–H groups in total. The molecule has 1 aliphatic carbocycles. The Morgan fingerprint density at radius 3 is 3.15 bits per heavy atom. The smallest absolute Gasteiger partial charge is 0.0794 e. The Kier molecular flexibility index (Phi) is 2.75. The Morgan fingerprint density at radius 1 is 1.77 bits per heavy atom. The number of alkyl halides is 1. The monoisotopic (exact) mass is 259 g/mol. The van der Waals surface area contributed by atoms with E-state index in [4.69, 9.17) is 0 Å². The van der Waals surface area contributed by atoms with Gasteiger partial charge in [-0.05, 0) is 31.1 Å². The summed E-state index contributed by atoms with van der Waals surface area (Å²) >= 11 is 5.49. The summed E-state index contributed by atoms with van der Waals surface area (Å²) in [6.07, 6.45) is 7.21. The van der Waals surface area contributed by atoms with Crippen molar-refractivity contribution in [3.8, 4) is 0 Å². The standard InChI is InChI=1S/C10H14BrNS/c1-10(3-2-8(11)4-10)5-9-6-12-7-13-9/h6-8H,2-5H2,1H3. The summed E-state index contributed by atoms with van der Waals surface area (Å²) < 4.78 is 0. The van der Waals surface area contributed by atoms with Gasteiger partial charge in [0.05, 0.1) is 5.51 Å². The van der Waals surface area contributed by atoms with Gasteiger partial charge in [-0.3, -0.25) is 4.98 Å². The van der Waals surface area contributed by atoms with Crippen molar-refractivity contribution in [2.75, 3.05) is 0 Å². The van der Waals surface area contributed by atoms with Gasteiger partial charge in [0.15, 0.2) is 0 Å². The van der Waals surface area contributed by atoms with E-state index in [9.17, 15) is 0 Å². The number of nitrogens with zero attached hydrogens (tertiary/aromatic N) is 1. The van der Waals surface area contributed by atoms with Crippen LogP contribution in [0, 0.1) is 5.41 Å². The molecular weight excluding hydrogens is 246 g/mol. The summed E-state index contributed by atoms with van der Waals surface area (Å²) in [5.41, 5.74) is 2.44. The molecule has 2 unspecified atom stereocenters. The van der Waals surface area contributed by atoms with Gasteiger partial charge in [0, 0.05) is 15.9 Å². The van der Waals surface area contributed by atoms with Crippen molar-refractivity contribution in [3.05, 3.63) is 16.6 Å². The molecule has 1 aromatic rings. The van der Waals surface area contributed by atoms with Crippen LogP contribution in [0.25, 0.3) is 0 Å². The summed E-state index contributed by atoms with van der Waals surface area (Å²) in [6, 6.07) is 0. The topological polar surface area (TPSA) is 12.9 Å². The molecule has 2 rings (SSSR count). The van der Waals surface area contributed by atoms with Gasteiger partial charge in [0.2, 0.25) is 0 Å². The lowest BCUT2D eigenvalue weighted by Gasteiger charge is -2.22. The highest BCUT2D eigenvalue weighted by molar-refractivity contribution is 9.09. The Balaban J connectivity index is 2.01.